The zero-order valence-electron chi connectivity index (χ0n) is 17.2. The quantitative estimate of drug-likeness (QED) is 0.534. The van der Waals surface area contributed by atoms with Crippen molar-refractivity contribution >= 4 is 0 Å². The first-order valence-corrected chi connectivity index (χ1v) is 10.3. The van der Waals surface area contributed by atoms with Gasteiger partial charge in [0.15, 0.2) is 0 Å². The molecular weight excluding hydrogens is 340 g/mol. The maximum absolute atomic E-state index is 12.2. The molecule has 3 aromatic rings. The Kier molecular flexibility index (Phi) is 3.53. The molecule has 0 spiro atoms. The summed E-state index contributed by atoms with van der Waals surface area (Å²) in [6.07, 6.45) is 2.37. The van der Waals surface area contributed by atoms with E-state index in [4.69, 9.17) is 0 Å². The van der Waals surface area contributed by atoms with Crippen LogP contribution in [-0.2, 0) is 16.4 Å². The standard InChI is InChI=1S/C27H28O/c1-25(2)15-16-26(3,4)24-17-18(13-14-23(24)25)27(28)21-11-7-5-9-19(21)20-10-6-8-12-22(20)27/h5-14,17,28H,15-16H2,1-4H3. The van der Waals surface area contributed by atoms with Crippen LogP contribution in [0.3, 0.4) is 0 Å². The highest BCUT2D eigenvalue weighted by Gasteiger charge is 2.44. The first kappa shape index (κ1) is 17.7. The molecular formula is C27H28O. The number of benzene rings is 3. The molecule has 0 amide bonds. The van der Waals surface area contributed by atoms with Crippen LogP contribution in [0.1, 0.15) is 68.4 Å². The summed E-state index contributed by atoms with van der Waals surface area (Å²) in [5.74, 6) is 0. The normalized spacial score (nSPS) is 20.2. The summed E-state index contributed by atoms with van der Waals surface area (Å²) in [5.41, 5.74) is 7.25. The third-order valence-corrected chi connectivity index (χ3v) is 7.19. The van der Waals surface area contributed by atoms with Crippen molar-refractivity contribution in [1.29, 1.82) is 0 Å². The predicted molar refractivity (Wildman–Crippen MR) is 116 cm³/mol. The van der Waals surface area contributed by atoms with Crippen LogP contribution in [0.2, 0.25) is 0 Å². The molecule has 3 aromatic carbocycles. The van der Waals surface area contributed by atoms with Crippen molar-refractivity contribution in [3.63, 3.8) is 0 Å². The lowest BCUT2D eigenvalue weighted by Gasteiger charge is -2.42. The van der Waals surface area contributed by atoms with E-state index in [1.54, 1.807) is 0 Å². The highest BCUT2D eigenvalue weighted by atomic mass is 16.3. The van der Waals surface area contributed by atoms with Crippen LogP contribution in [0, 0.1) is 0 Å². The zero-order chi connectivity index (χ0) is 19.7. The van der Waals surface area contributed by atoms with Crippen LogP contribution >= 0.6 is 0 Å². The summed E-state index contributed by atoms with van der Waals surface area (Å²) in [6.45, 7) is 9.36. The largest absolute Gasteiger partial charge is 0.376 e. The van der Waals surface area contributed by atoms with E-state index in [2.05, 4.69) is 82.3 Å². The van der Waals surface area contributed by atoms with Crippen LogP contribution in [0.4, 0.5) is 0 Å². The Morgan fingerprint density at radius 2 is 1.11 bits per heavy atom. The first-order chi connectivity index (χ1) is 13.2. The summed E-state index contributed by atoms with van der Waals surface area (Å²) < 4.78 is 0. The second kappa shape index (κ2) is 5.58. The fraction of sp³-hybridized carbons (Fsp3) is 0.333. The van der Waals surface area contributed by atoms with E-state index in [1.165, 1.54) is 24.0 Å². The highest BCUT2D eigenvalue weighted by Crippen LogP contribution is 2.53. The average Bonchev–Trinajstić information content (AvgIpc) is 2.96. The van der Waals surface area contributed by atoms with Crippen LogP contribution in [0.25, 0.3) is 11.1 Å². The van der Waals surface area contributed by atoms with Gasteiger partial charge in [-0.25, -0.2) is 0 Å². The van der Waals surface area contributed by atoms with E-state index in [1.807, 2.05) is 12.1 Å². The van der Waals surface area contributed by atoms with Gasteiger partial charge in [0.1, 0.15) is 5.60 Å². The van der Waals surface area contributed by atoms with Gasteiger partial charge in [0.2, 0.25) is 0 Å². The monoisotopic (exact) mass is 368 g/mol. The average molecular weight is 369 g/mol. The van der Waals surface area contributed by atoms with E-state index in [-0.39, 0.29) is 10.8 Å². The Morgan fingerprint density at radius 1 is 0.607 bits per heavy atom. The van der Waals surface area contributed by atoms with Crippen molar-refractivity contribution in [2.24, 2.45) is 0 Å². The van der Waals surface area contributed by atoms with Gasteiger partial charge in [-0.1, -0.05) is 94.4 Å². The minimum Gasteiger partial charge on any atom is -0.376 e. The predicted octanol–water partition coefficient (Wildman–Crippen LogP) is 6.30. The summed E-state index contributed by atoms with van der Waals surface area (Å²) in [6, 6.07) is 23.3. The van der Waals surface area contributed by atoms with E-state index in [0.717, 1.165) is 27.8 Å². The molecule has 2 aliphatic rings. The van der Waals surface area contributed by atoms with Gasteiger partial charge in [-0.3, -0.25) is 0 Å². The maximum Gasteiger partial charge on any atom is 0.141 e. The Labute approximate surface area is 168 Å². The number of fused-ring (bicyclic) bond motifs is 4. The van der Waals surface area contributed by atoms with Crippen molar-refractivity contribution in [3.05, 3.63) is 94.5 Å². The number of aliphatic hydroxyl groups is 1. The van der Waals surface area contributed by atoms with Gasteiger partial charge in [-0.05, 0) is 51.5 Å². The molecule has 142 valence electrons. The van der Waals surface area contributed by atoms with E-state index in [0.29, 0.717) is 0 Å². The fourth-order valence-electron chi connectivity index (χ4n) is 5.34. The molecule has 0 bridgehead atoms. The van der Waals surface area contributed by atoms with Crippen LogP contribution in [0.5, 0.6) is 0 Å². The first-order valence-electron chi connectivity index (χ1n) is 10.3. The molecule has 0 aromatic heterocycles. The van der Waals surface area contributed by atoms with Crippen LogP contribution in [0.15, 0.2) is 66.7 Å². The van der Waals surface area contributed by atoms with E-state index in [9.17, 15) is 5.11 Å². The Hall–Kier alpha value is -2.38. The molecule has 2 aliphatic carbocycles. The van der Waals surface area contributed by atoms with Gasteiger partial charge in [-0.15, -0.1) is 0 Å². The number of rotatable bonds is 1. The SMILES string of the molecule is CC1(C)CCC(C)(C)c2cc(C3(O)c4ccccc4-c4ccccc43)ccc21. The summed E-state index contributed by atoms with van der Waals surface area (Å²) in [7, 11) is 0. The fourth-order valence-corrected chi connectivity index (χ4v) is 5.34. The third-order valence-electron chi connectivity index (χ3n) is 7.19. The molecule has 28 heavy (non-hydrogen) atoms. The van der Waals surface area contributed by atoms with E-state index >= 15 is 0 Å². The molecule has 0 saturated carbocycles. The lowest BCUT2D eigenvalue weighted by atomic mass is 9.62. The van der Waals surface area contributed by atoms with Gasteiger partial charge in [0, 0.05) is 11.1 Å². The second-order valence-corrected chi connectivity index (χ2v) is 9.83. The number of hydrogen-bond acceptors (Lipinski definition) is 1. The molecule has 0 saturated heterocycles. The van der Waals surface area contributed by atoms with Crippen molar-refractivity contribution in [1.82, 2.24) is 0 Å². The molecule has 0 aliphatic heterocycles. The van der Waals surface area contributed by atoms with Gasteiger partial charge < -0.3 is 5.11 Å². The smallest absolute Gasteiger partial charge is 0.141 e. The topological polar surface area (TPSA) is 20.2 Å². The van der Waals surface area contributed by atoms with Crippen molar-refractivity contribution < 1.29 is 5.11 Å². The minimum absolute atomic E-state index is 0.120. The van der Waals surface area contributed by atoms with Crippen LogP contribution in [-0.4, -0.2) is 5.11 Å². The summed E-state index contributed by atoms with van der Waals surface area (Å²) in [4.78, 5) is 0. The van der Waals surface area contributed by atoms with Crippen molar-refractivity contribution in [2.45, 2.75) is 57.0 Å². The lowest BCUT2D eigenvalue weighted by Crippen LogP contribution is -2.35. The van der Waals surface area contributed by atoms with Gasteiger partial charge in [-0.2, -0.15) is 0 Å². The molecule has 0 atom stereocenters. The molecule has 1 nitrogen and oxygen atoms in total. The molecule has 0 heterocycles. The van der Waals surface area contributed by atoms with Crippen molar-refractivity contribution in [3.8, 4) is 11.1 Å². The van der Waals surface area contributed by atoms with Crippen LogP contribution < -0.4 is 0 Å². The lowest BCUT2D eigenvalue weighted by molar-refractivity contribution is 0.130. The molecule has 5 rings (SSSR count). The molecule has 0 unspecified atom stereocenters. The summed E-state index contributed by atoms with van der Waals surface area (Å²) >= 11 is 0. The Balaban J connectivity index is 1.79. The zero-order valence-corrected chi connectivity index (χ0v) is 17.2. The highest BCUT2D eigenvalue weighted by molar-refractivity contribution is 5.82. The Morgan fingerprint density at radius 3 is 1.68 bits per heavy atom. The third kappa shape index (κ3) is 2.23. The maximum atomic E-state index is 12.2. The molecule has 0 fully saturated rings. The Bertz CT molecular complexity index is 1040. The molecule has 0 radical (unpaired) electrons. The summed E-state index contributed by atoms with van der Waals surface area (Å²) in [5, 5.41) is 12.2. The van der Waals surface area contributed by atoms with E-state index < -0.39 is 5.60 Å². The number of hydrogen-bond donors (Lipinski definition) is 1. The van der Waals surface area contributed by atoms with Gasteiger partial charge >= 0.3 is 0 Å². The second-order valence-electron chi connectivity index (χ2n) is 9.83. The van der Waals surface area contributed by atoms with Gasteiger partial charge in [0.05, 0.1) is 0 Å². The molecule has 1 heteroatoms. The van der Waals surface area contributed by atoms with Gasteiger partial charge in [0.25, 0.3) is 0 Å². The van der Waals surface area contributed by atoms with Crippen molar-refractivity contribution in [2.75, 3.05) is 0 Å². The minimum atomic E-state index is -1.10. The molecule has 1 N–H and O–H groups in total.